The molecule has 0 bridgehead atoms. The van der Waals surface area contributed by atoms with Crippen LogP contribution in [0.3, 0.4) is 0 Å². The lowest BCUT2D eigenvalue weighted by Crippen LogP contribution is -2.47. The number of carbonyl (C=O) groups excluding carboxylic acids is 1. The van der Waals surface area contributed by atoms with Gasteiger partial charge in [0.1, 0.15) is 5.82 Å². The molecule has 1 atom stereocenters. The molecule has 2 aliphatic rings. The van der Waals surface area contributed by atoms with Gasteiger partial charge in [0.05, 0.1) is 6.54 Å². The number of rotatable bonds is 4. The molecule has 0 spiro atoms. The van der Waals surface area contributed by atoms with Gasteiger partial charge in [0.15, 0.2) is 0 Å². The largest absolute Gasteiger partial charge is 0.356 e. The average molecular weight is 384 g/mol. The minimum Gasteiger partial charge on any atom is -0.356 e. The Morgan fingerprint density at radius 2 is 2.04 bits per heavy atom. The molecule has 0 N–H and O–H groups in total. The Bertz CT molecular complexity index is 797. The first-order chi connectivity index (χ1) is 13.6. The van der Waals surface area contributed by atoms with Gasteiger partial charge in [-0.15, -0.1) is 0 Å². The molecule has 2 aliphatic heterocycles. The van der Waals surface area contributed by atoms with Crippen molar-refractivity contribution in [3.05, 3.63) is 24.2 Å². The molecule has 2 saturated heterocycles. The highest BCUT2D eigenvalue weighted by Gasteiger charge is 2.21. The lowest BCUT2D eigenvalue weighted by Gasteiger charge is -2.33. The summed E-state index contributed by atoms with van der Waals surface area (Å²) >= 11 is 0. The van der Waals surface area contributed by atoms with E-state index in [-0.39, 0.29) is 5.91 Å². The standard InChI is InChI=1S/C20H28N6O2/c1-15-4-3-7-26(13-15)18-6-5-17(12-21-18)20-22-19(28-23-20)14-24-8-10-25(11-9-24)16(2)27/h5-6,12,15H,3-4,7-11,13-14H2,1-2H3. The van der Waals surface area contributed by atoms with E-state index in [1.807, 2.05) is 23.2 Å². The molecule has 2 aromatic rings. The van der Waals surface area contributed by atoms with Gasteiger partial charge in [-0.2, -0.15) is 4.98 Å². The third-order valence-electron chi connectivity index (χ3n) is 5.63. The van der Waals surface area contributed by atoms with E-state index in [0.717, 1.165) is 50.6 Å². The van der Waals surface area contributed by atoms with Crippen molar-refractivity contribution in [1.82, 2.24) is 24.9 Å². The summed E-state index contributed by atoms with van der Waals surface area (Å²) in [6.45, 7) is 9.79. The fourth-order valence-electron chi connectivity index (χ4n) is 3.95. The number of piperidine rings is 1. The van der Waals surface area contributed by atoms with Crippen molar-refractivity contribution in [2.75, 3.05) is 44.2 Å². The summed E-state index contributed by atoms with van der Waals surface area (Å²) in [5, 5.41) is 4.12. The van der Waals surface area contributed by atoms with E-state index in [0.29, 0.717) is 24.2 Å². The van der Waals surface area contributed by atoms with Gasteiger partial charge in [-0.05, 0) is 30.9 Å². The van der Waals surface area contributed by atoms with Gasteiger partial charge in [-0.1, -0.05) is 12.1 Å². The first kappa shape index (κ1) is 18.9. The van der Waals surface area contributed by atoms with Gasteiger partial charge in [0, 0.05) is 58.0 Å². The van der Waals surface area contributed by atoms with Crippen LogP contribution in [0.2, 0.25) is 0 Å². The number of carbonyl (C=O) groups is 1. The third kappa shape index (κ3) is 4.32. The Balaban J connectivity index is 1.36. The number of hydrogen-bond donors (Lipinski definition) is 0. The molecular formula is C20H28N6O2. The van der Waals surface area contributed by atoms with Crippen LogP contribution in [0, 0.1) is 5.92 Å². The minimum absolute atomic E-state index is 0.134. The van der Waals surface area contributed by atoms with Crippen LogP contribution in [0.15, 0.2) is 22.9 Å². The number of nitrogens with zero attached hydrogens (tertiary/aromatic N) is 6. The van der Waals surface area contributed by atoms with Crippen LogP contribution >= 0.6 is 0 Å². The Morgan fingerprint density at radius 3 is 2.71 bits per heavy atom. The van der Waals surface area contributed by atoms with Crippen LogP contribution in [0.25, 0.3) is 11.4 Å². The van der Waals surface area contributed by atoms with Crippen molar-refractivity contribution in [3.63, 3.8) is 0 Å². The van der Waals surface area contributed by atoms with Crippen LogP contribution in [-0.2, 0) is 11.3 Å². The Kier molecular flexibility index (Phi) is 5.57. The van der Waals surface area contributed by atoms with E-state index in [1.165, 1.54) is 12.8 Å². The Labute approximate surface area is 165 Å². The van der Waals surface area contributed by atoms with E-state index < -0.39 is 0 Å². The normalized spacial score (nSPS) is 21.1. The predicted octanol–water partition coefficient (Wildman–Crippen LogP) is 2.03. The third-order valence-corrected chi connectivity index (χ3v) is 5.63. The maximum Gasteiger partial charge on any atom is 0.241 e. The van der Waals surface area contributed by atoms with E-state index >= 15 is 0 Å². The number of amides is 1. The second-order valence-electron chi connectivity index (χ2n) is 7.89. The average Bonchev–Trinajstić information content (AvgIpc) is 3.17. The summed E-state index contributed by atoms with van der Waals surface area (Å²) in [4.78, 5) is 27.0. The summed E-state index contributed by atoms with van der Waals surface area (Å²) in [6, 6.07) is 4.06. The van der Waals surface area contributed by atoms with E-state index in [4.69, 9.17) is 4.52 Å². The van der Waals surface area contributed by atoms with Gasteiger partial charge < -0.3 is 14.3 Å². The highest BCUT2D eigenvalue weighted by Crippen LogP contribution is 2.23. The predicted molar refractivity (Wildman–Crippen MR) is 106 cm³/mol. The van der Waals surface area contributed by atoms with Crippen LogP contribution in [-0.4, -0.2) is 70.1 Å². The monoisotopic (exact) mass is 384 g/mol. The fraction of sp³-hybridized carbons (Fsp3) is 0.600. The van der Waals surface area contributed by atoms with Crippen LogP contribution in [0.5, 0.6) is 0 Å². The first-order valence-electron chi connectivity index (χ1n) is 10.1. The van der Waals surface area contributed by atoms with Crippen molar-refractivity contribution in [2.45, 2.75) is 33.2 Å². The van der Waals surface area contributed by atoms with Gasteiger partial charge in [0.25, 0.3) is 0 Å². The van der Waals surface area contributed by atoms with E-state index in [1.54, 1.807) is 6.92 Å². The SMILES string of the molecule is CC(=O)N1CCN(Cc2nc(-c3ccc(N4CCCC(C)C4)nc3)no2)CC1. The number of aromatic nitrogens is 3. The maximum absolute atomic E-state index is 11.4. The van der Waals surface area contributed by atoms with Crippen molar-refractivity contribution in [1.29, 1.82) is 0 Å². The summed E-state index contributed by atoms with van der Waals surface area (Å²) < 4.78 is 5.44. The zero-order chi connectivity index (χ0) is 19.5. The van der Waals surface area contributed by atoms with Gasteiger partial charge in [-0.3, -0.25) is 9.69 Å². The molecule has 0 radical (unpaired) electrons. The molecule has 1 amide bonds. The molecule has 0 aromatic carbocycles. The molecule has 8 nitrogen and oxygen atoms in total. The molecule has 4 heterocycles. The zero-order valence-electron chi connectivity index (χ0n) is 16.7. The summed E-state index contributed by atoms with van der Waals surface area (Å²) in [5.74, 6) is 3.04. The summed E-state index contributed by atoms with van der Waals surface area (Å²) in [7, 11) is 0. The highest BCUT2D eigenvalue weighted by molar-refractivity contribution is 5.73. The number of piperazine rings is 1. The Hall–Kier alpha value is -2.48. The fourth-order valence-corrected chi connectivity index (χ4v) is 3.95. The van der Waals surface area contributed by atoms with Gasteiger partial charge in [0.2, 0.25) is 17.6 Å². The summed E-state index contributed by atoms with van der Waals surface area (Å²) in [5.41, 5.74) is 0.866. The lowest BCUT2D eigenvalue weighted by atomic mass is 10.0. The van der Waals surface area contributed by atoms with Gasteiger partial charge >= 0.3 is 0 Å². The van der Waals surface area contributed by atoms with Crippen molar-refractivity contribution < 1.29 is 9.32 Å². The second-order valence-corrected chi connectivity index (χ2v) is 7.89. The Morgan fingerprint density at radius 1 is 1.21 bits per heavy atom. The molecule has 0 saturated carbocycles. The van der Waals surface area contributed by atoms with Crippen LogP contribution < -0.4 is 4.90 Å². The second kappa shape index (κ2) is 8.26. The van der Waals surface area contributed by atoms with Crippen molar-refractivity contribution in [2.24, 2.45) is 5.92 Å². The van der Waals surface area contributed by atoms with E-state index in [2.05, 4.69) is 31.8 Å². The van der Waals surface area contributed by atoms with Crippen molar-refractivity contribution in [3.8, 4) is 11.4 Å². The van der Waals surface area contributed by atoms with Crippen LogP contribution in [0.1, 0.15) is 32.6 Å². The van der Waals surface area contributed by atoms with Crippen molar-refractivity contribution >= 4 is 11.7 Å². The highest BCUT2D eigenvalue weighted by atomic mass is 16.5. The minimum atomic E-state index is 0.134. The molecule has 8 heteroatoms. The van der Waals surface area contributed by atoms with Gasteiger partial charge in [-0.25, -0.2) is 4.98 Å². The number of anilines is 1. The molecule has 2 fully saturated rings. The molecular weight excluding hydrogens is 356 g/mol. The molecule has 0 aliphatic carbocycles. The van der Waals surface area contributed by atoms with E-state index in [9.17, 15) is 4.79 Å². The quantitative estimate of drug-likeness (QED) is 0.798. The summed E-state index contributed by atoms with van der Waals surface area (Å²) in [6.07, 6.45) is 4.35. The molecule has 4 rings (SSSR count). The van der Waals surface area contributed by atoms with Crippen LogP contribution in [0.4, 0.5) is 5.82 Å². The number of pyridine rings is 1. The molecule has 2 aromatic heterocycles. The molecule has 28 heavy (non-hydrogen) atoms. The number of hydrogen-bond acceptors (Lipinski definition) is 7. The first-order valence-corrected chi connectivity index (χ1v) is 10.1. The lowest BCUT2D eigenvalue weighted by molar-refractivity contribution is -0.130. The maximum atomic E-state index is 11.4. The molecule has 150 valence electrons. The smallest absolute Gasteiger partial charge is 0.241 e. The molecule has 1 unspecified atom stereocenters. The topological polar surface area (TPSA) is 78.6 Å². The zero-order valence-corrected chi connectivity index (χ0v) is 16.7.